The molecule has 4 aromatic carbocycles. The minimum Gasteiger partial charge on any atom is -0.313 e. The van der Waals surface area contributed by atoms with Crippen molar-refractivity contribution in [2.24, 2.45) is 0 Å². The molecule has 0 bridgehead atoms. The average Bonchev–Trinajstić information content (AvgIpc) is 3.51. The molecule has 3 aromatic heterocycles. The van der Waals surface area contributed by atoms with Gasteiger partial charge in [0, 0.05) is 51.2 Å². The first kappa shape index (κ1) is 21.2. The molecule has 0 fully saturated rings. The van der Waals surface area contributed by atoms with Crippen molar-refractivity contribution < 1.29 is 0 Å². The standard InChI is InChI=1S/C35H25N3/c1-3-10-25(11-4-1)37-31-16-8-7-14-28(31)29-22-24(18-19-32(29)37)27-15-9-17-34-35(27)30-23-36-21-20-33(30)38(34)26-12-5-2-6-13-26/h1-7,9-15,17-23H,8,16H2. The van der Waals surface area contributed by atoms with Crippen LogP contribution in [0.1, 0.15) is 17.7 Å². The summed E-state index contributed by atoms with van der Waals surface area (Å²) in [5, 5.41) is 3.72. The van der Waals surface area contributed by atoms with Crippen LogP contribution in [0.5, 0.6) is 0 Å². The molecule has 7 aromatic rings. The van der Waals surface area contributed by atoms with Gasteiger partial charge < -0.3 is 9.13 Å². The third kappa shape index (κ3) is 3.05. The quantitative estimate of drug-likeness (QED) is 0.244. The lowest BCUT2D eigenvalue weighted by atomic mass is 9.96. The molecule has 0 amide bonds. The van der Waals surface area contributed by atoms with Crippen molar-refractivity contribution in [2.45, 2.75) is 12.8 Å². The average molecular weight is 488 g/mol. The molecule has 3 heteroatoms. The lowest BCUT2D eigenvalue weighted by Crippen LogP contribution is -2.02. The van der Waals surface area contributed by atoms with E-state index in [2.05, 4.69) is 129 Å². The third-order valence-corrected chi connectivity index (χ3v) is 7.87. The SMILES string of the molecule is C1=Cc2c(n(-c3ccccc3)c3ccc(-c4cccc5c4c4cnccc4n5-c4ccccc4)cc23)CC1. The van der Waals surface area contributed by atoms with Gasteiger partial charge >= 0.3 is 0 Å². The van der Waals surface area contributed by atoms with Gasteiger partial charge in [-0.1, -0.05) is 66.7 Å². The van der Waals surface area contributed by atoms with Crippen LogP contribution in [0.25, 0.3) is 61.3 Å². The maximum atomic E-state index is 4.52. The zero-order valence-corrected chi connectivity index (χ0v) is 20.9. The molecule has 0 radical (unpaired) electrons. The molecule has 8 rings (SSSR count). The van der Waals surface area contributed by atoms with Crippen molar-refractivity contribution in [3.8, 4) is 22.5 Å². The summed E-state index contributed by atoms with van der Waals surface area (Å²) >= 11 is 0. The number of hydrogen-bond acceptors (Lipinski definition) is 1. The van der Waals surface area contributed by atoms with E-state index in [4.69, 9.17) is 0 Å². The van der Waals surface area contributed by atoms with Crippen molar-refractivity contribution in [3.05, 3.63) is 133 Å². The van der Waals surface area contributed by atoms with E-state index in [-0.39, 0.29) is 0 Å². The molecule has 0 N–H and O–H groups in total. The molecule has 0 atom stereocenters. The summed E-state index contributed by atoms with van der Waals surface area (Å²) < 4.78 is 4.80. The van der Waals surface area contributed by atoms with E-state index >= 15 is 0 Å². The van der Waals surface area contributed by atoms with Crippen LogP contribution < -0.4 is 0 Å². The van der Waals surface area contributed by atoms with Crippen molar-refractivity contribution in [2.75, 3.05) is 0 Å². The normalized spacial score (nSPS) is 12.9. The van der Waals surface area contributed by atoms with Gasteiger partial charge in [-0.25, -0.2) is 0 Å². The molecule has 1 aliphatic carbocycles. The summed E-state index contributed by atoms with van der Waals surface area (Å²) in [5.41, 5.74) is 11.2. The number of allylic oxidation sites excluding steroid dienone is 1. The van der Waals surface area contributed by atoms with Crippen LogP contribution in [0.15, 0.2) is 122 Å². The van der Waals surface area contributed by atoms with E-state index in [1.54, 1.807) is 0 Å². The zero-order valence-electron chi connectivity index (χ0n) is 20.9. The van der Waals surface area contributed by atoms with Crippen LogP contribution in [0.2, 0.25) is 0 Å². The van der Waals surface area contributed by atoms with E-state index in [1.807, 2.05) is 12.4 Å². The van der Waals surface area contributed by atoms with E-state index in [0.717, 1.165) is 18.5 Å². The summed E-state index contributed by atoms with van der Waals surface area (Å²) in [7, 11) is 0. The van der Waals surface area contributed by atoms with E-state index < -0.39 is 0 Å². The predicted octanol–water partition coefficient (Wildman–Crippen LogP) is 8.75. The van der Waals surface area contributed by atoms with E-state index in [0.29, 0.717) is 0 Å². The van der Waals surface area contributed by atoms with Crippen molar-refractivity contribution in [1.29, 1.82) is 0 Å². The molecular formula is C35H25N3. The Morgan fingerprint density at radius 3 is 2.21 bits per heavy atom. The third-order valence-electron chi connectivity index (χ3n) is 7.87. The van der Waals surface area contributed by atoms with Crippen molar-refractivity contribution in [1.82, 2.24) is 14.1 Å². The number of nitrogens with zero attached hydrogens (tertiary/aromatic N) is 3. The second-order valence-corrected chi connectivity index (χ2v) is 9.97. The van der Waals surface area contributed by atoms with Gasteiger partial charge in [0.2, 0.25) is 0 Å². The van der Waals surface area contributed by atoms with Gasteiger partial charge in [-0.2, -0.15) is 0 Å². The molecule has 180 valence electrons. The zero-order chi connectivity index (χ0) is 25.1. The van der Waals surface area contributed by atoms with Gasteiger partial charge in [0.05, 0.1) is 16.6 Å². The Morgan fingerprint density at radius 2 is 1.39 bits per heavy atom. The largest absolute Gasteiger partial charge is 0.313 e. The Labute approximate surface area is 220 Å². The van der Waals surface area contributed by atoms with Crippen molar-refractivity contribution >= 4 is 38.8 Å². The monoisotopic (exact) mass is 487 g/mol. The number of para-hydroxylation sites is 2. The molecule has 38 heavy (non-hydrogen) atoms. The van der Waals surface area contributed by atoms with Crippen LogP contribution >= 0.6 is 0 Å². The summed E-state index contributed by atoms with van der Waals surface area (Å²) in [5.74, 6) is 0. The first-order chi connectivity index (χ1) is 18.9. The molecule has 0 unspecified atom stereocenters. The molecule has 0 saturated heterocycles. The highest BCUT2D eigenvalue weighted by Gasteiger charge is 2.21. The van der Waals surface area contributed by atoms with Crippen molar-refractivity contribution in [3.63, 3.8) is 0 Å². The molecule has 1 aliphatic rings. The predicted molar refractivity (Wildman–Crippen MR) is 158 cm³/mol. The fourth-order valence-electron chi connectivity index (χ4n) is 6.27. The van der Waals surface area contributed by atoms with Crippen LogP contribution in [0.3, 0.4) is 0 Å². The molecule has 0 spiro atoms. The highest BCUT2D eigenvalue weighted by atomic mass is 15.0. The highest BCUT2D eigenvalue weighted by molar-refractivity contribution is 6.16. The smallest absolute Gasteiger partial charge is 0.0572 e. The van der Waals surface area contributed by atoms with Gasteiger partial charge in [-0.05, 0) is 72.5 Å². The van der Waals surface area contributed by atoms with E-state index in [9.17, 15) is 0 Å². The topological polar surface area (TPSA) is 22.8 Å². The maximum absolute atomic E-state index is 4.52. The second kappa shape index (κ2) is 8.32. The minimum absolute atomic E-state index is 1.05. The van der Waals surface area contributed by atoms with Crippen LogP contribution in [0, 0.1) is 0 Å². The Kier molecular flexibility index (Phi) is 4.65. The van der Waals surface area contributed by atoms with Gasteiger partial charge in [-0.3, -0.25) is 4.98 Å². The maximum Gasteiger partial charge on any atom is 0.0572 e. The lowest BCUT2D eigenvalue weighted by molar-refractivity contribution is 0.888. The minimum atomic E-state index is 1.05. The van der Waals surface area contributed by atoms with Gasteiger partial charge in [0.1, 0.15) is 0 Å². The summed E-state index contributed by atoms with van der Waals surface area (Å²) in [4.78, 5) is 4.52. The Bertz CT molecular complexity index is 2010. The van der Waals surface area contributed by atoms with Crippen LogP contribution in [-0.2, 0) is 6.42 Å². The Morgan fingerprint density at radius 1 is 0.632 bits per heavy atom. The second-order valence-electron chi connectivity index (χ2n) is 9.97. The number of rotatable bonds is 3. The molecule has 0 aliphatic heterocycles. The Hall–Kier alpha value is -4.89. The first-order valence-corrected chi connectivity index (χ1v) is 13.2. The van der Waals surface area contributed by atoms with Gasteiger partial charge in [0.25, 0.3) is 0 Å². The molecule has 0 saturated carbocycles. The number of fused-ring (bicyclic) bond motifs is 6. The number of benzene rings is 4. The Balaban J connectivity index is 1.42. The highest BCUT2D eigenvalue weighted by Crippen LogP contribution is 2.41. The fourth-order valence-corrected chi connectivity index (χ4v) is 6.27. The summed E-state index contributed by atoms with van der Waals surface area (Å²) in [6, 6.07) is 37.1. The summed E-state index contributed by atoms with van der Waals surface area (Å²) in [6.45, 7) is 0. The van der Waals surface area contributed by atoms with Crippen LogP contribution in [-0.4, -0.2) is 14.1 Å². The fraction of sp³-hybridized carbons (Fsp3) is 0.0571. The number of aromatic nitrogens is 3. The number of hydrogen-bond donors (Lipinski definition) is 0. The molecule has 3 heterocycles. The first-order valence-electron chi connectivity index (χ1n) is 13.2. The van der Waals surface area contributed by atoms with Gasteiger partial charge in [-0.15, -0.1) is 0 Å². The van der Waals surface area contributed by atoms with Gasteiger partial charge in [0.15, 0.2) is 0 Å². The lowest BCUT2D eigenvalue weighted by Gasteiger charge is -2.13. The number of pyridine rings is 1. The molecule has 3 nitrogen and oxygen atoms in total. The van der Waals surface area contributed by atoms with Crippen LogP contribution in [0.4, 0.5) is 0 Å². The molecular weight excluding hydrogens is 462 g/mol. The van der Waals surface area contributed by atoms with E-state index in [1.165, 1.54) is 60.8 Å². The summed E-state index contributed by atoms with van der Waals surface area (Å²) in [6.07, 6.45) is 10.7.